The van der Waals surface area contributed by atoms with E-state index in [0.717, 1.165) is 0 Å². The quantitative estimate of drug-likeness (QED) is 0.660. The van der Waals surface area contributed by atoms with E-state index < -0.39 is 5.97 Å². The largest absolute Gasteiger partial charge is 0.478 e. The van der Waals surface area contributed by atoms with Gasteiger partial charge in [0.15, 0.2) is 0 Å². The number of nitrogens with zero attached hydrogens (tertiary/aromatic N) is 1. The van der Waals surface area contributed by atoms with Gasteiger partial charge in [-0.25, -0.2) is 9.79 Å². The van der Waals surface area contributed by atoms with Crippen molar-refractivity contribution in [2.75, 3.05) is 0 Å². The first-order valence-corrected chi connectivity index (χ1v) is 4.11. The SMILES string of the molecule is O=C1C=CC2C=CC(C(=O)O)=CC2=N1. The van der Waals surface area contributed by atoms with Crippen LogP contribution < -0.4 is 0 Å². The van der Waals surface area contributed by atoms with Crippen molar-refractivity contribution in [3.8, 4) is 0 Å². The summed E-state index contributed by atoms with van der Waals surface area (Å²) in [5.74, 6) is -1.41. The summed E-state index contributed by atoms with van der Waals surface area (Å²) in [6, 6.07) is 0. The molecule has 0 fully saturated rings. The molecule has 0 saturated heterocycles. The Morgan fingerprint density at radius 3 is 2.79 bits per heavy atom. The number of dihydropyridines is 1. The van der Waals surface area contributed by atoms with E-state index in [1.54, 1.807) is 12.2 Å². The van der Waals surface area contributed by atoms with Crippen molar-refractivity contribution in [3.63, 3.8) is 0 Å². The van der Waals surface area contributed by atoms with E-state index in [-0.39, 0.29) is 17.4 Å². The first-order valence-electron chi connectivity index (χ1n) is 4.11. The number of amides is 1. The van der Waals surface area contributed by atoms with Crippen LogP contribution in [0.4, 0.5) is 0 Å². The molecular formula is C10H7NO3. The molecule has 0 bridgehead atoms. The predicted molar refractivity (Wildman–Crippen MR) is 49.9 cm³/mol. The highest BCUT2D eigenvalue weighted by Gasteiger charge is 2.19. The van der Waals surface area contributed by atoms with Crippen LogP contribution in [-0.2, 0) is 9.59 Å². The van der Waals surface area contributed by atoms with E-state index in [1.807, 2.05) is 0 Å². The minimum Gasteiger partial charge on any atom is -0.478 e. The maximum atomic E-state index is 10.9. The molecule has 4 nitrogen and oxygen atoms in total. The van der Waals surface area contributed by atoms with Gasteiger partial charge in [-0.3, -0.25) is 4.79 Å². The number of carboxylic acid groups (broad SMARTS) is 1. The van der Waals surface area contributed by atoms with E-state index in [1.165, 1.54) is 18.2 Å². The van der Waals surface area contributed by atoms with Crippen molar-refractivity contribution in [2.24, 2.45) is 10.9 Å². The molecule has 1 heterocycles. The van der Waals surface area contributed by atoms with Crippen LogP contribution in [0.15, 0.2) is 40.9 Å². The molecule has 0 aromatic carbocycles. The molecule has 1 aliphatic carbocycles. The van der Waals surface area contributed by atoms with Crippen LogP contribution in [0.2, 0.25) is 0 Å². The van der Waals surface area contributed by atoms with Gasteiger partial charge in [0.2, 0.25) is 0 Å². The average molecular weight is 189 g/mol. The lowest BCUT2D eigenvalue weighted by atomic mass is 9.92. The lowest BCUT2D eigenvalue weighted by Gasteiger charge is -2.15. The summed E-state index contributed by atoms with van der Waals surface area (Å²) >= 11 is 0. The molecule has 4 heteroatoms. The fourth-order valence-electron chi connectivity index (χ4n) is 1.36. The van der Waals surface area contributed by atoms with Crippen molar-refractivity contribution < 1.29 is 14.7 Å². The Balaban J connectivity index is 2.38. The zero-order valence-corrected chi connectivity index (χ0v) is 7.18. The van der Waals surface area contributed by atoms with Gasteiger partial charge in [0.1, 0.15) is 0 Å². The number of rotatable bonds is 1. The third kappa shape index (κ3) is 1.42. The normalized spacial score (nSPS) is 24.0. The van der Waals surface area contributed by atoms with Crippen LogP contribution in [0.1, 0.15) is 0 Å². The number of aliphatic imine (C=N–C) groups is 1. The second-order valence-corrected chi connectivity index (χ2v) is 3.02. The zero-order chi connectivity index (χ0) is 10.1. The molecule has 2 rings (SSSR count). The lowest BCUT2D eigenvalue weighted by molar-refractivity contribution is -0.132. The summed E-state index contributed by atoms with van der Waals surface area (Å²) in [6.45, 7) is 0. The van der Waals surface area contributed by atoms with E-state index >= 15 is 0 Å². The number of carboxylic acids is 1. The van der Waals surface area contributed by atoms with Gasteiger partial charge in [0, 0.05) is 12.0 Å². The van der Waals surface area contributed by atoms with Crippen molar-refractivity contribution in [1.82, 2.24) is 0 Å². The first-order chi connectivity index (χ1) is 6.66. The summed E-state index contributed by atoms with van der Waals surface area (Å²) in [7, 11) is 0. The molecular weight excluding hydrogens is 182 g/mol. The molecule has 0 aromatic rings. The molecule has 0 aromatic heterocycles. The van der Waals surface area contributed by atoms with Crippen molar-refractivity contribution >= 4 is 17.6 Å². The molecule has 1 aliphatic heterocycles. The van der Waals surface area contributed by atoms with Gasteiger partial charge < -0.3 is 5.11 Å². The fraction of sp³-hybridized carbons (Fsp3) is 0.100. The number of hydrogen-bond acceptors (Lipinski definition) is 2. The number of allylic oxidation sites excluding steroid dienone is 3. The van der Waals surface area contributed by atoms with Crippen molar-refractivity contribution in [1.29, 1.82) is 0 Å². The zero-order valence-electron chi connectivity index (χ0n) is 7.18. The van der Waals surface area contributed by atoms with E-state index in [2.05, 4.69) is 4.99 Å². The van der Waals surface area contributed by atoms with Gasteiger partial charge in [-0.2, -0.15) is 0 Å². The summed E-state index contributed by atoms with van der Waals surface area (Å²) in [5.41, 5.74) is 0.653. The van der Waals surface area contributed by atoms with Crippen LogP contribution in [0, 0.1) is 5.92 Å². The Kier molecular flexibility index (Phi) is 1.89. The highest BCUT2D eigenvalue weighted by molar-refractivity contribution is 6.14. The minimum atomic E-state index is -1.01. The van der Waals surface area contributed by atoms with Gasteiger partial charge in [0.25, 0.3) is 5.91 Å². The van der Waals surface area contributed by atoms with Gasteiger partial charge >= 0.3 is 5.97 Å². The molecule has 2 aliphatic rings. The summed E-state index contributed by atoms with van der Waals surface area (Å²) in [6.07, 6.45) is 7.75. The molecule has 0 saturated carbocycles. The number of carbonyl (C=O) groups is 2. The van der Waals surface area contributed by atoms with E-state index in [4.69, 9.17) is 5.11 Å². The molecule has 0 radical (unpaired) electrons. The molecule has 1 amide bonds. The fourth-order valence-corrected chi connectivity index (χ4v) is 1.36. The number of carbonyl (C=O) groups excluding carboxylic acids is 1. The summed E-state index contributed by atoms with van der Waals surface area (Å²) < 4.78 is 0. The topological polar surface area (TPSA) is 66.7 Å². The smallest absolute Gasteiger partial charge is 0.335 e. The van der Waals surface area contributed by atoms with Crippen LogP contribution in [0.5, 0.6) is 0 Å². The van der Waals surface area contributed by atoms with Gasteiger partial charge in [-0.05, 0) is 6.08 Å². The Hall–Kier alpha value is -1.97. The van der Waals surface area contributed by atoms with Crippen LogP contribution >= 0.6 is 0 Å². The lowest BCUT2D eigenvalue weighted by Crippen LogP contribution is -2.18. The highest BCUT2D eigenvalue weighted by Crippen LogP contribution is 2.18. The van der Waals surface area contributed by atoms with Gasteiger partial charge in [-0.1, -0.05) is 18.2 Å². The van der Waals surface area contributed by atoms with Crippen molar-refractivity contribution in [2.45, 2.75) is 0 Å². The van der Waals surface area contributed by atoms with Crippen LogP contribution in [0.3, 0.4) is 0 Å². The third-order valence-electron chi connectivity index (χ3n) is 2.06. The van der Waals surface area contributed by atoms with E-state index in [9.17, 15) is 9.59 Å². The second kappa shape index (κ2) is 3.06. The Bertz CT molecular complexity index is 427. The van der Waals surface area contributed by atoms with Crippen LogP contribution in [-0.4, -0.2) is 22.7 Å². The molecule has 1 atom stereocenters. The number of fused-ring (bicyclic) bond motifs is 1. The molecule has 70 valence electrons. The number of hydrogen-bond donors (Lipinski definition) is 1. The third-order valence-corrected chi connectivity index (χ3v) is 2.06. The molecule has 0 spiro atoms. The summed E-state index contributed by atoms with van der Waals surface area (Å²) in [5, 5.41) is 8.72. The Morgan fingerprint density at radius 2 is 2.07 bits per heavy atom. The first kappa shape index (κ1) is 8.62. The highest BCUT2D eigenvalue weighted by atomic mass is 16.4. The van der Waals surface area contributed by atoms with Crippen molar-refractivity contribution in [3.05, 3.63) is 36.0 Å². The predicted octanol–water partition coefficient (Wildman–Crippen LogP) is 0.721. The molecule has 1 unspecified atom stereocenters. The average Bonchev–Trinajstić information content (AvgIpc) is 2.16. The maximum absolute atomic E-state index is 10.9. The molecule has 14 heavy (non-hydrogen) atoms. The van der Waals surface area contributed by atoms with E-state index in [0.29, 0.717) is 5.71 Å². The number of aliphatic carboxylic acids is 1. The standard InChI is InChI=1S/C10H7NO3/c12-9-4-3-6-1-2-7(10(13)14)5-8(6)11-9/h1-6H,(H,13,14). The second-order valence-electron chi connectivity index (χ2n) is 3.02. The Labute approximate surface area is 80.0 Å². The maximum Gasteiger partial charge on any atom is 0.335 e. The molecule has 1 N–H and O–H groups in total. The summed E-state index contributed by atoms with van der Waals surface area (Å²) in [4.78, 5) is 25.3. The van der Waals surface area contributed by atoms with Gasteiger partial charge in [0.05, 0.1) is 11.3 Å². The van der Waals surface area contributed by atoms with Gasteiger partial charge in [-0.15, -0.1) is 0 Å². The van der Waals surface area contributed by atoms with Crippen LogP contribution in [0.25, 0.3) is 0 Å². The monoisotopic (exact) mass is 189 g/mol. The minimum absolute atomic E-state index is 0.0594. The Morgan fingerprint density at radius 1 is 1.36 bits per heavy atom.